The third-order valence-electron chi connectivity index (χ3n) is 4.64. The molecule has 162 valence electrons. The van der Waals surface area contributed by atoms with Gasteiger partial charge in [-0.2, -0.15) is 5.26 Å². The fourth-order valence-corrected chi connectivity index (χ4v) is 3.30. The molecule has 8 heteroatoms. The van der Waals surface area contributed by atoms with Crippen LogP contribution in [0.1, 0.15) is 41.0 Å². The first-order valence-corrected chi connectivity index (χ1v) is 10.0. The zero-order valence-corrected chi connectivity index (χ0v) is 18.6. The van der Waals surface area contributed by atoms with E-state index in [2.05, 4.69) is 10.1 Å². The summed E-state index contributed by atoms with van der Waals surface area (Å²) in [6.45, 7) is 3.87. The van der Waals surface area contributed by atoms with E-state index in [9.17, 15) is 14.4 Å². The number of amides is 2. The van der Waals surface area contributed by atoms with Crippen molar-refractivity contribution in [1.82, 2.24) is 10.2 Å². The highest BCUT2D eigenvalue weighted by Gasteiger charge is 2.25. The molecule has 0 aromatic heterocycles. The van der Waals surface area contributed by atoms with Crippen LogP contribution in [0.2, 0.25) is 5.02 Å². The molecule has 2 aromatic carbocycles. The largest absolute Gasteiger partial charge is 0.465 e. The minimum absolute atomic E-state index is 0.152. The lowest BCUT2D eigenvalue weighted by atomic mass is 10.0. The lowest BCUT2D eigenvalue weighted by Gasteiger charge is -2.21. The molecular weight excluding hydrogens is 418 g/mol. The number of hydrogen-bond acceptors (Lipinski definition) is 5. The van der Waals surface area contributed by atoms with E-state index >= 15 is 0 Å². The normalized spacial score (nSPS) is 11.4. The number of esters is 1. The first kappa shape index (κ1) is 23.9. The number of hydrogen-bond donors (Lipinski definition) is 1. The average molecular weight is 442 g/mol. The lowest BCUT2D eigenvalue weighted by molar-refractivity contribution is -0.129. The topological polar surface area (TPSA) is 99.5 Å². The standard InChI is InChI=1S/C23H24ClN3O4/c1-14(2)11-20(22(29)27(3)13-25)26-21(28)16-7-5-15(6-8-16)18-10-9-17(12-19(18)24)23(30)31-4/h5-10,12,14,20H,11H2,1-4H3,(H,26,28)/t20-/m0/s1. The Morgan fingerprint density at radius 1 is 1.13 bits per heavy atom. The number of nitrogens with one attached hydrogen (secondary N) is 1. The van der Waals surface area contributed by atoms with Gasteiger partial charge in [0.15, 0.2) is 6.19 Å². The second-order valence-corrected chi connectivity index (χ2v) is 7.82. The van der Waals surface area contributed by atoms with Crippen molar-refractivity contribution in [1.29, 1.82) is 5.26 Å². The monoisotopic (exact) mass is 441 g/mol. The van der Waals surface area contributed by atoms with Gasteiger partial charge in [0.1, 0.15) is 6.04 Å². The van der Waals surface area contributed by atoms with Gasteiger partial charge in [0.25, 0.3) is 11.8 Å². The summed E-state index contributed by atoms with van der Waals surface area (Å²) in [6, 6.07) is 10.8. The van der Waals surface area contributed by atoms with Crippen LogP contribution < -0.4 is 5.32 Å². The summed E-state index contributed by atoms with van der Waals surface area (Å²) in [5.74, 6) is -1.20. The SMILES string of the molecule is COC(=O)c1ccc(-c2ccc(C(=O)N[C@@H](CC(C)C)C(=O)N(C)C#N)cc2)c(Cl)c1. The third kappa shape index (κ3) is 6.06. The molecule has 0 radical (unpaired) electrons. The smallest absolute Gasteiger partial charge is 0.337 e. The minimum atomic E-state index is -0.794. The molecule has 0 aliphatic carbocycles. The van der Waals surface area contributed by atoms with Crippen molar-refractivity contribution >= 4 is 29.4 Å². The Morgan fingerprint density at radius 2 is 1.74 bits per heavy atom. The first-order valence-electron chi connectivity index (χ1n) is 9.64. The lowest BCUT2D eigenvalue weighted by Crippen LogP contribution is -2.46. The van der Waals surface area contributed by atoms with E-state index in [1.54, 1.807) is 42.6 Å². The molecule has 0 unspecified atom stereocenters. The number of likely N-dealkylation sites (N-methyl/N-ethyl adjacent to an activating group) is 1. The highest BCUT2D eigenvalue weighted by atomic mass is 35.5. The Morgan fingerprint density at radius 3 is 2.26 bits per heavy atom. The van der Waals surface area contributed by atoms with Crippen molar-refractivity contribution in [2.45, 2.75) is 26.3 Å². The summed E-state index contributed by atoms with van der Waals surface area (Å²) >= 11 is 6.31. The Balaban J connectivity index is 2.20. The van der Waals surface area contributed by atoms with E-state index in [-0.39, 0.29) is 5.92 Å². The van der Waals surface area contributed by atoms with Gasteiger partial charge in [0.05, 0.1) is 12.7 Å². The van der Waals surface area contributed by atoms with Gasteiger partial charge >= 0.3 is 5.97 Å². The summed E-state index contributed by atoms with van der Waals surface area (Å²) in [6.07, 6.45) is 2.18. The van der Waals surface area contributed by atoms with E-state index in [1.165, 1.54) is 20.2 Å². The minimum Gasteiger partial charge on any atom is -0.465 e. The van der Waals surface area contributed by atoms with Crippen molar-refractivity contribution < 1.29 is 19.1 Å². The van der Waals surface area contributed by atoms with Crippen LogP contribution in [0.5, 0.6) is 0 Å². The van der Waals surface area contributed by atoms with Gasteiger partial charge in [0, 0.05) is 23.2 Å². The maximum atomic E-state index is 12.7. The van der Waals surface area contributed by atoms with E-state index in [1.807, 2.05) is 13.8 Å². The van der Waals surface area contributed by atoms with Crippen LogP contribution in [0.25, 0.3) is 11.1 Å². The number of nitriles is 1. The average Bonchev–Trinajstić information content (AvgIpc) is 2.76. The number of methoxy groups -OCH3 is 1. The maximum Gasteiger partial charge on any atom is 0.337 e. The number of nitrogens with zero attached hydrogens (tertiary/aromatic N) is 2. The van der Waals surface area contributed by atoms with Crippen LogP contribution in [0, 0.1) is 17.4 Å². The van der Waals surface area contributed by atoms with Gasteiger partial charge in [-0.25, -0.2) is 4.79 Å². The summed E-state index contributed by atoms with van der Waals surface area (Å²) in [5.41, 5.74) is 2.17. The van der Waals surface area contributed by atoms with Crippen molar-refractivity contribution in [2.75, 3.05) is 14.2 Å². The number of carbonyl (C=O) groups is 3. The summed E-state index contributed by atoms with van der Waals surface area (Å²) in [5, 5.41) is 12.1. The molecule has 1 N–H and O–H groups in total. The number of rotatable bonds is 7. The molecule has 2 amide bonds. The van der Waals surface area contributed by atoms with Gasteiger partial charge < -0.3 is 10.1 Å². The zero-order chi connectivity index (χ0) is 23.1. The third-order valence-corrected chi connectivity index (χ3v) is 4.95. The second kappa shape index (κ2) is 10.6. The molecular formula is C23H24ClN3O4. The Labute approximate surface area is 186 Å². The molecule has 31 heavy (non-hydrogen) atoms. The highest BCUT2D eigenvalue weighted by molar-refractivity contribution is 6.33. The number of halogens is 1. The molecule has 0 fully saturated rings. The van der Waals surface area contributed by atoms with Crippen LogP contribution >= 0.6 is 11.6 Å². The van der Waals surface area contributed by atoms with Crippen LogP contribution in [0.3, 0.4) is 0 Å². The van der Waals surface area contributed by atoms with E-state index in [4.69, 9.17) is 16.9 Å². The Kier molecular flexibility index (Phi) is 8.17. The fourth-order valence-electron chi connectivity index (χ4n) is 3.01. The molecule has 0 saturated heterocycles. The summed E-state index contributed by atoms with van der Waals surface area (Å²) in [4.78, 5) is 37.6. The van der Waals surface area contributed by atoms with Gasteiger partial charge in [-0.1, -0.05) is 43.6 Å². The van der Waals surface area contributed by atoms with Crippen LogP contribution in [-0.4, -0.2) is 42.9 Å². The van der Waals surface area contributed by atoms with Gasteiger partial charge in [-0.05, 0) is 42.2 Å². The maximum absolute atomic E-state index is 12.7. The number of ether oxygens (including phenoxy) is 1. The molecule has 0 aliphatic heterocycles. The first-order chi connectivity index (χ1) is 14.7. The van der Waals surface area contributed by atoms with Crippen molar-refractivity contribution in [3.63, 3.8) is 0 Å². The number of benzene rings is 2. The van der Waals surface area contributed by atoms with Crippen LogP contribution in [-0.2, 0) is 9.53 Å². The summed E-state index contributed by atoms with van der Waals surface area (Å²) in [7, 11) is 2.66. The van der Waals surface area contributed by atoms with Gasteiger partial charge in [-0.15, -0.1) is 0 Å². The molecule has 2 rings (SSSR count). The van der Waals surface area contributed by atoms with Gasteiger partial charge in [-0.3, -0.25) is 14.5 Å². The molecule has 0 saturated carbocycles. The molecule has 0 spiro atoms. The van der Waals surface area contributed by atoms with E-state index in [0.717, 1.165) is 10.5 Å². The second-order valence-electron chi connectivity index (χ2n) is 7.42. The Bertz CT molecular complexity index is 1010. The molecule has 2 aromatic rings. The van der Waals surface area contributed by atoms with Gasteiger partial charge in [0.2, 0.25) is 0 Å². The molecule has 0 aliphatic rings. The fraction of sp³-hybridized carbons (Fsp3) is 0.304. The Hall–Kier alpha value is -3.37. The van der Waals surface area contributed by atoms with Crippen molar-refractivity contribution in [2.24, 2.45) is 5.92 Å². The quantitative estimate of drug-likeness (QED) is 0.399. The van der Waals surface area contributed by atoms with E-state index in [0.29, 0.717) is 28.1 Å². The predicted molar refractivity (Wildman–Crippen MR) is 117 cm³/mol. The summed E-state index contributed by atoms with van der Waals surface area (Å²) < 4.78 is 4.69. The molecule has 0 heterocycles. The predicted octanol–water partition coefficient (Wildman–Crippen LogP) is 3.88. The molecule has 0 bridgehead atoms. The zero-order valence-electron chi connectivity index (χ0n) is 17.8. The van der Waals surface area contributed by atoms with Crippen LogP contribution in [0.15, 0.2) is 42.5 Å². The number of carbonyl (C=O) groups excluding carboxylic acids is 3. The van der Waals surface area contributed by atoms with Crippen molar-refractivity contribution in [3.8, 4) is 17.3 Å². The molecule has 1 atom stereocenters. The van der Waals surface area contributed by atoms with E-state index < -0.39 is 23.8 Å². The molecule has 7 nitrogen and oxygen atoms in total. The highest BCUT2D eigenvalue weighted by Crippen LogP contribution is 2.29. The van der Waals surface area contributed by atoms with Crippen LogP contribution in [0.4, 0.5) is 0 Å². The van der Waals surface area contributed by atoms with Crippen molar-refractivity contribution in [3.05, 3.63) is 58.6 Å².